The first kappa shape index (κ1) is 13.1. The number of imidazole rings is 1. The molecule has 1 aromatic heterocycles. The summed E-state index contributed by atoms with van der Waals surface area (Å²) in [6, 6.07) is 8.71. The van der Waals surface area contributed by atoms with E-state index in [-0.39, 0.29) is 0 Å². The van der Waals surface area contributed by atoms with Crippen LogP contribution in [0.4, 0.5) is 0 Å². The molecule has 1 atom stereocenters. The molecular formula is C15H23N3. The molecule has 1 N–H and O–H groups in total. The van der Waals surface area contributed by atoms with E-state index in [4.69, 9.17) is 4.98 Å². The van der Waals surface area contributed by atoms with Crippen molar-refractivity contribution in [2.45, 2.75) is 46.2 Å². The number of aryl methyl sites for hydroxylation is 1. The van der Waals surface area contributed by atoms with Crippen molar-refractivity contribution in [2.24, 2.45) is 0 Å². The SMILES string of the molecule is CCCNC(C)c1nc2ccccc2n1CCC. The fraction of sp³-hybridized carbons (Fsp3) is 0.533. The summed E-state index contributed by atoms with van der Waals surface area (Å²) in [5.41, 5.74) is 2.35. The highest BCUT2D eigenvalue weighted by Crippen LogP contribution is 2.21. The Morgan fingerprint density at radius 2 is 2.00 bits per heavy atom. The lowest BCUT2D eigenvalue weighted by molar-refractivity contribution is 0.513. The van der Waals surface area contributed by atoms with Crippen LogP contribution in [0.25, 0.3) is 11.0 Å². The fourth-order valence-corrected chi connectivity index (χ4v) is 2.34. The van der Waals surface area contributed by atoms with Crippen LogP contribution in [-0.4, -0.2) is 16.1 Å². The summed E-state index contributed by atoms with van der Waals surface area (Å²) in [6.45, 7) is 8.67. The topological polar surface area (TPSA) is 29.9 Å². The zero-order valence-corrected chi connectivity index (χ0v) is 11.6. The summed E-state index contributed by atoms with van der Waals surface area (Å²) >= 11 is 0. The number of nitrogens with zero attached hydrogens (tertiary/aromatic N) is 2. The van der Waals surface area contributed by atoms with E-state index in [1.807, 2.05) is 0 Å². The maximum Gasteiger partial charge on any atom is 0.126 e. The Balaban J connectivity index is 2.38. The average molecular weight is 245 g/mol. The quantitative estimate of drug-likeness (QED) is 0.844. The molecular weight excluding hydrogens is 222 g/mol. The molecule has 0 spiro atoms. The molecule has 2 aromatic rings. The van der Waals surface area contributed by atoms with Gasteiger partial charge in [0.25, 0.3) is 0 Å². The van der Waals surface area contributed by atoms with E-state index in [9.17, 15) is 0 Å². The van der Waals surface area contributed by atoms with E-state index >= 15 is 0 Å². The van der Waals surface area contributed by atoms with Crippen molar-refractivity contribution in [3.05, 3.63) is 30.1 Å². The molecule has 0 fully saturated rings. The van der Waals surface area contributed by atoms with Crippen molar-refractivity contribution in [1.82, 2.24) is 14.9 Å². The van der Waals surface area contributed by atoms with Gasteiger partial charge < -0.3 is 9.88 Å². The second-order valence-corrected chi connectivity index (χ2v) is 4.79. The van der Waals surface area contributed by atoms with Gasteiger partial charge in [0.2, 0.25) is 0 Å². The number of hydrogen-bond donors (Lipinski definition) is 1. The number of benzene rings is 1. The van der Waals surface area contributed by atoms with Crippen LogP contribution in [0.3, 0.4) is 0 Å². The highest BCUT2D eigenvalue weighted by molar-refractivity contribution is 5.76. The van der Waals surface area contributed by atoms with Crippen LogP contribution in [0.2, 0.25) is 0 Å². The third-order valence-corrected chi connectivity index (χ3v) is 3.22. The fourth-order valence-electron chi connectivity index (χ4n) is 2.34. The molecule has 0 aliphatic carbocycles. The zero-order valence-electron chi connectivity index (χ0n) is 11.6. The number of rotatable bonds is 6. The maximum atomic E-state index is 4.78. The predicted molar refractivity (Wildman–Crippen MR) is 76.7 cm³/mol. The zero-order chi connectivity index (χ0) is 13.0. The second-order valence-electron chi connectivity index (χ2n) is 4.79. The largest absolute Gasteiger partial charge is 0.327 e. The highest BCUT2D eigenvalue weighted by Gasteiger charge is 2.14. The van der Waals surface area contributed by atoms with Gasteiger partial charge in [-0.3, -0.25) is 0 Å². The van der Waals surface area contributed by atoms with Gasteiger partial charge in [0.15, 0.2) is 0 Å². The molecule has 0 aliphatic rings. The number of aromatic nitrogens is 2. The lowest BCUT2D eigenvalue weighted by Crippen LogP contribution is -2.22. The predicted octanol–water partition coefficient (Wildman–Crippen LogP) is 3.51. The van der Waals surface area contributed by atoms with Crippen LogP contribution in [-0.2, 0) is 6.54 Å². The first-order valence-electron chi connectivity index (χ1n) is 6.96. The van der Waals surface area contributed by atoms with Crippen molar-refractivity contribution >= 4 is 11.0 Å². The molecule has 0 radical (unpaired) electrons. The lowest BCUT2D eigenvalue weighted by atomic mass is 10.3. The first-order valence-corrected chi connectivity index (χ1v) is 6.96. The number of hydrogen-bond acceptors (Lipinski definition) is 2. The van der Waals surface area contributed by atoms with Crippen LogP contribution in [0.5, 0.6) is 0 Å². The molecule has 2 rings (SSSR count). The molecule has 1 unspecified atom stereocenters. The Morgan fingerprint density at radius 3 is 2.72 bits per heavy atom. The molecule has 18 heavy (non-hydrogen) atoms. The van der Waals surface area contributed by atoms with Gasteiger partial charge in [-0.25, -0.2) is 4.98 Å². The van der Waals surface area contributed by atoms with Gasteiger partial charge in [0, 0.05) is 6.54 Å². The minimum absolute atomic E-state index is 0.309. The number of nitrogens with one attached hydrogen (secondary N) is 1. The summed E-state index contributed by atoms with van der Waals surface area (Å²) < 4.78 is 2.35. The highest BCUT2D eigenvalue weighted by atomic mass is 15.1. The molecule has 0 amide bonds. The van der Waals surface area contributed by atoms with Gasteiger partial charge in [0.05, 0.1) is 17.1 Å². The van der Waals surface area contributed by atoms with Crippen LogP contribution in [0.15, 0.2) is 24.3 Å². The Bertz CT molecular complexity index is 501. The van der Waals surface area contributed by atoms with Crippen molar-refractivity contribution in [2.75, 3.05) is 6.54 Å². The third-order valence-electron chi connectivity index (χ3n) is 3.22. The summed E-state index contributed by atoms with van der Waals surface area (Å²) in [5, 5.41) is 3.53. The normalized spacial score (nSPS) is 13.1. The van der Waals surface area contributed by atoms with Gasteiger partial charge >= 0.3 is 0 Å². The molecule has 3 nitrogen and oxygen atoms in total. The van der Waals surface area contributed by atoms with Crippen molar-refractivity contribution in [3.63, 3.8) is 0 Å². The van der Waals surface area contributed by atoms with Gasteiger partial charge in [-0.15, -0.1) is 0 Å². The summed E-state index contributed by atoms with van der Waals surface area (Å²) in [5.74, 6) is 1.16. The standard InChI is InChI=1S/C15H23N3/c1-4-10-16-12(3)15-17-13-8-6-7-9-14(13)18(15)11-5-2/h6-9,12,16H,4-5,10-11H2,1-3H3. The monoisotopic (exact) mass is 245 g/mol. The van der Waals surface area contributed by atoms with E-state index in [0.29, 0.717) is 6.04 Å². The summed E-state index contributed by atoms with van der Waals surface area (Å²) in [6.07, 6.45) is 2.28. The van der Waals surface area contributed by atoms with Crippen molar-refractivity contribution in [3.8, 4) is 0 Å². The minimum Gasteiger partial charge on any atom is -0.327 e. The second kappa shape index (κ2) is 6.01. The Kier molecular flexibility index (Phi) is 4.37. The minimum atomic E-state index is 0.309. The Morgan fingerprint density at radius 1 is 1.22 bits per heavy atom. The van der Waals surface area contributed by atoms with E-state index in [0.717, 1.165) is 37.3 Å². The molecule has 1 heterocycles. The lowest BCUT2D eigenvalue weighted by Gasteiger charge is -2.15. The first-order chi connectivity index (χ1) is 8.77. The van der Waals surface area contributed by atoms with Crippen LogP contribution in [0.1, 0.15) is 45.5 Å². The van der Waals surface area contributed by atoms with E-state index < -0.39 is 0 Å². The van der Waals surface area contributed by atoms with Gasteiger partial charge in [0.1, 0.15) is 5.82 Å². The third kappa shape index (κ3) is 2.56. The van der Waals surface area contributed by atoms with E-state index in [1.54, 1.807) is 0 Å². The van der Waals surface area contributed by atoms with E-state index in [1.165, 1.54) is 5.52 Å². The summed E-state index contributed by atoms with van der Waals surface area (Å²) in [4.78, 5) is 4.78. The van der Waals surface area contributed by atoms with Crippen molar-refractivity contribution in [1.29, 1.82) is 0 Å². The molecule has 0 saturated carbocycles. The number of fused-ring (bicyclic) bond motifs is 1. The van der Waals surface area contributed by atoms with Gasteiger partial charge in [-0.1, -0.05) is 26.0 Å². The van der Waals surface area contributed by atoms with Gasteiger partial charge in [-0.05, 0) is 38.4 Å². The van der Waals surface area contributed by atoms with E-state index in [2.05, 4.69) is 54.9 Å². The molecule has 1 aromatic carbocycles. The van der Waals surface area contributed by atoms with Gasteiger partial charge in [-0.2, -0.15) is 0 Å². The molecule has 0 bridgehead atoms. The van der Waals surface area contributed by atoms with Crippen molar-refractivity contribution < 1.29 is 0 Å². The maximum absolute atomic E-state index is 4.78. The molecule has 0 saturated heterocycles. The van der Waals surface area contributed by atoms with Crippen LogP contribution in [0, 0.1) is 0 Å². The smallest absolute Gasteiger partial charge is 0.126 e. The average Bonchev–Trinajstić information content (AvgIpc) is 2.76. The summed E-state index contributed by atoms with van der Waals surface area (Å²) in [7, 11) is 0. The number of para-hydroxylation sites is 2. The Labute approximate surface area is 109 Å². The van der Waals surface area contributed by atoms with Crippen LogP contribution < -0.4 is 5.32 Å². The van der Waals surface area contributed by atoms with Crippen LogP contribution >= 0.6 is 0 Å². The molecule has 3 heteroatoms. The molecule has 98 valence electrons. The Hall–Kier alpha value is -1.35. The molecule has 0 aliphatic heterocycles.